The lowest BCUT2D eigenvalue weighted by Gasteiger charge is -2.23. The zero-order chi connectivity index (χ0) is 19.2. The highest BCUT2D eigenvalue weighted by Crippen LogP contribution is 2.27. The molecule has 2 aromatic rings. The molecule has 3 rings (SSSR count). The van der Waals surface area contributed by atoms with Gasteiger partial charge >= 0.3 is 6.09 Å². The highest BCUT2D eigenvalue weighted by Gasteiger charge is 2.18. The Morgan fingerprint density at radius 2 is 1.50 bits per heavy atom. The van der Waals surface area contributed by atoms with E-state index >= 15 is 0 Å². The number of benzene rings is 2. The molecular weight excluding hydrogens is 324 g/mol. The van der Waals surface area contributed by atoms with Gasteiger partial charge < -0.3 is 10.1 Å². The summed E-state index contributed by atoms with van der Waals surface area (Å²) in [6.45, 7) is 9.80. The van der Waals surface area contributed by atoms with Crippen molar-refractivity contribution >= 4 is 11.8 Å². The van der Waals surface area contributed by atoms with Crippen LogP contribution in [-0.4, -0.2) is 25.3 Å². The second-order valence-electron chi connectivity index (χ2n) is 5.39. The summed E-state index contributed by atoms with van der Waals surface area (Å²) in [7, 11) is 0. The van der Waals surface area contributed by atoms with Crippen LogP contribution in [0.4, 0.5) is 10.5 Å². The standard InChI is InChI=1S/C18H20N2O2.2C2H6/c21-18(22-15-10-12-19-13-11-15)20-17-9-5-4-8-16(17)14-6-2-1-3-7-14;2*1-2/h1-9,15,19H,10-13H2,(H,20,21);2*1-2H3. The van der Waals surface area contributed by atoms with Crippen molar-refractivity contribution in [2.24, 2.45) is 0 Å². The largest absolute Gasteiger partial charge is 0.446 e. The summed E-state index contributed by atoms with van der Waals surface area (Å²) in [4.78, 5) is 12.1. The maximum absolute atomic E-state index is 12.1. The number of anilines is 1. The Kier molecular flexibility index (Phi) is 10.8. The molecule has 1 heterocycles. The molecule has 4 heteroatoms. The summed E-state index contributed by atoms with van der Waals surface area (Å²) in [6.07, 6.45) is 1.36. The summed E-state index contributed by atoms with van der Waals surface area (Å²) in [5.74, 6) is 0. The molecule has 1 aliphatic rings. The van der Waals surface area contributed by atoms with Crippen LogP contribution in [0.1, 0.15) is 40.5 Å². The molecule has 4 nitrogen and oxygen atoms in total. The van der Waals surface area contributed by atoms with E-state index in [-0.39, 0.29) is 12.2 Å². The van der Waals surface area contributed by atoms with Gasteiger partial charge in [-0.15, -0.1) is 0 Å². The first-order valence-electron chi connectivity index (χ1n) is 9.66. The van der Waals surface area contributed by atoms with Crippen LogP contribution in [0.3, 0.4) is 0 Å². The number of rotatable bonds is 3. The van der Waals surface area contributed by atoms with E-state index in [1.54, 1.807) is 0 Å². The highest BCUT2D eigenvalue weighted by molar-refractivity contribution is 5.91. The number of amides is 1. The van der Waals surface area contributed by atoms with Gasteiger partial charge in [0.05, 0.1) is 5.69 Å². The minimum atomic E-state index is -0.379. The molecule has 142 valence electrons. The van der Waals surface area contributed by atoms with E-state index in [0.717, 1.165) is 42.7 Å². The molecule has 2 aromatic carbocycles. The van der Waals surface area contributed by atoms with E-state index < -0.39 is 0 Å². The molecule has 2 N–H and O–H groups in total. The number of ether oxygens (including phenoxy) is 1. The van der Waals surface area contributed by atoms with E-state index in [1.165, 1.54) is 0 Å². The summed E-state index contributed by atoms with van der Waals surface area (Å²) < 4.78 is 5.50. The summed E-state index contributed by atoms with van der Waals surface area (Å²) >= 11 is 0. The lowest BCUT2D eigenvalue weighted by Crippen LogP contribution is -2.34. The lowest BCUT2D eigenvalue weighted by molar-refractivity contribution is 0.0909. The molecule has 1 amide bonds. The first kappa shape index (κ1) is 21.7. The fourth-order valence-electron chi connectivity index (χ4n) is 2.67. The van der Waals surface area contributed by atoms with Crippen LogP contribution in [0.25, 0.3) is 11.1 Å². The molecule has 1 saturated heterocycles. The smallest absolute Gasteiger partial charge is 0.411 e. The van der Waals surface area contributed by atoms with Crippen LogP contribution in [-0.2, 0) is 4.74 Å². The normalized spacial score (nSPS) is 13.4. The fraction of sp³-hybridized carbons (Fsp3) is 0.409. The summed E-state index contributed by atoms with van der Waals surface area (Å²) in [6, 6.07) is 17.8. The Hall–Kier alpha value is -2.33. The zero-order valence-electron chi connectivity index (χ0n) is 16.4. The van der Waals surface area contributed by atoms with Gasteiger partial charge in [0, 0.05) is 5.56 Å². The average Bonchev–Trinajstić information content (AvgIpc) is 2.73. The number of carbonyl (C=O) groups is 1. The lowest BCUT2D eigenvalue weighted by atomic mass is 10.0. The first-order valence-corrected chi connectivity index (χ1v) is 9.66. The summed E-state index contributed by atoms with van der Waals surface area (Å²) in [5.41, 5.74) is 2.83. The van der Waals surface area contributed by atoms with Crippen molar-refractivity contribution in [3.05, 3.63) is 54.6 Å². The van der Waals surface area contributed by atoms with E-state index in [0.29, 0.717) is 0 Å². The number of nitrogens with one attached hydrogen (secondary N) is 2. The molecule has 0 atom stereocenters. The molecule has 0 bridgehead atoms. The predicted molar refractivity (Wildman–Crippen MR) is 111 cm³/mol. The number of hydrogen-bond donors (Lipinski definition) is 2. The van der Waals surface area contributed by atoms with Gasteiger partial charge in [-0.2, -0.15) is 0 Å². The second-order valence-corrected chi connectivity index (χ2v) is 5.39. The van der Waals surface area contributed by atoms with Crippen LogP contribution in [0.2, 0.25) is 0 Å². The van der Waals surface area contributed by atoms with Crippen LogP contribution < -0.4 is 10.6 Å². The number of carbonyl (C=O) groups excluding carboxylic acids is 1. The van der Waals surface area contributed by atoms with Crippen molar-refractivity contribution in [3.8, 4) is 11.1 Å². The maximum Gasteiger partial charge on any atom is 0.411 e. The Morgan fingerprint density at radius 3 is 2.15 bits per heavy atom. The van der Waals surface area contributed by atoms with Gasteiger partial charge in [0.25, 0.3) is 0 Å². The molecule has 0 radical (unpaired) electrons. The molecule has 0 aliphatic carbocycles. The van der Waals surface area contributed by atoms with E-state index in [2.05, 4.69) is 10.6 Å². The van der Waals surface area contributed by atoms with Gasteiger partial charge in [0.15, 0.2) is 0 Å². The van der Waals surface area contributed by atoms with Gasteiger partial charge in [-0.3, -0.25) is 5.32 Å². The Labute approximate surface area is 158 Å². The predicted octanol–water partition coefficient (Wildman–Crippen LogP) is 5.71. The SMILES string of the molecule is CC.CC.O=C(Nc1ccccc1-c1ccccc1)OC1CCNCC1. The van der Waals surface area contributed by atoms with Crippen molar-refractivity contribution in [1.82, 2.24) is 5.32 Å². The molecule has 0 aromatic heterocycles. The van der Waals surface area contributed by atoms with Crippen LogP contribution in [0.5, 0.6) is 0 Å². The molecular formula is C22H32N2O2. The third kappa shape index (κ3) is 6.89. The first-order chi connectivity index (χ1) is 12.8. The van der Waals surface area contributed by atoms with Crippen LogP contribution in [0.15, 0.2) is 54.6 Å². The number of para-hydroxylation sites is 1. The average molecular weight is 357 g/mol. The monoisotopic (exact) mass is 356 g/mol. The third-order valence-electron chi connectivity index (χ3n) is 3.81. The quantitative estimate of drug-likeness (QED) is 0.741. The molecule has 0 spiro atoms. The molecule has 0 unspecified atom stereocenters. The van der Waals surface area contributed by atoms with Crippen molar-refractivity contribution < 1.29 is 9.53 Å². The minimum absolute atomic E-state index is 0.00476. The van der Waals surface area contributed by atoms with Crippen molar-refractivity contribution in [2.75, 3.05) is 18.4 Å². The van der Waals surface area contributed by atoms with Gasteiger partial charge in [-0.25, -0.2) is 4.79 Å². The Bertz CT molecular complexity index is 623. The Morgan fingerprint density at radius 1 is 0.923 bits per heavy atom. The fourth-order valence-corrected chi connectivity index (χ4v) is 2.67. The summed E-state index contributed by atoms with van der Waals surface area (Å²) in [5, 5.41) is 6.13. The highest BCUT2D eigenvalue weighted by atomic mass is 16.6. The van der Waals surface area contributed by atoms with Crippen LogP contribution >= 0.6 is 0 Å². The van der Waals surface area contributed by atoms with Crippen molar-refractivity contribution in [2.45, 2.75) is 46.6 Å². The topological polar surface area (TPSA) is 50.4 Å². The van der Waals surface area contributed by atoms with E-state index in [9.17, 15) is 4.79 Å². The second kappa shape index (κ2) is 13.0. The Balaban J connectivity index is 0.000000791. The number of hydrogen-bond acceptors (Lipinski definition) is 3. The minimum Gasteiger partial charge on any atom is -0.446 e. The zero-order valence-corrected chi connectivity index (χ0v) is 16.4. The maximum atomic E-state index is 12.1. The molecule has 1 fully saturated rings. The third-order valence-corrected chi connectivity index (χ3v) is 3.81. The molecule has 26 heavy (non-hydrogen) atoms. The van der Waals surface area contributed by atoms with E-state index in [4.69, 9.17) is 4.74 Å². The van der Waals surface area contributed by atoms with Gasteiger partial charge in [0.1, 0.15) is 6.10 Å². The molecule has 1 aliphatic heterocycles. The van der Waals surface area contributed by atoms with Gasteiger partial charge in [-0.05, 0) is 37.6 Å². The van der Waals surface area contributed by atoms with E-state index in [1.807, 2.05) is 82.3 Å². The molecule has 0 saturated carbocycles. The van der Waals surface area contributed by atoms with Gasteiger partial charge in [-0.1, -0.05) is 76.2 Å². The number of piperidine rings is 1. The van der Waals surface area contributed by atoms with Crippen LogP contribution in [0, 0.1) is 0 Å². The van der Waals surface area contributed by atoms with Gasteiger partial charge in [0.2, 0.25) is 0 Å². The van der Waals surface area contributed by atoms with Crippen molar-refractivity contribution in [1.29, 1.82) is 0 Å². The van der Waals surface area contributed by atoms with Crippen molar-refractivity contribution in [3.63, 3.8) is 0 Å².